The minimum Gasteiger partial charge on any atom is -0.365 e. The third-order valence-corrected chi connectivity index (χ3v) is 2.05. The normalized spacial score (nSPS) is 11.6. The average Bonchev–Trinajstić information content (AvgIpc) is 2.30. The van der Waals surface area contributed by atoms with Crippen molar-refractivity contribution in [3.63, 3.8) is 0 Å². The molecule has 0 fully saturated rings. The van der Waals surface area contributed by atoms with Crippen molar-refractivity contribution in [1.29, 1.82) is 0 Å². The van der Waals surface area contributed by atoms with Crippen LogP contribution in [0.3, 0.4) is 0 Å². The van der Waals surface area contributed by atoms with Crippen LogP contribution in [0.1, 0.15) is 14.7 Å². The molecule has 0 radical (unpaired) electrons. The molecule has 0 aliphatic heterocycles. The van der Waals surface area contributed by atoms with Gasteiger partial charge in [-0.05, 0) is 0 Å². The first-order valence-corrected chi connectivity index (χ1v) is 3.55. The molecule has 0 saturated carbocycles. The Morgan fingerprint density at radius 3 is 2.42 bits per heavy atom. The summed E-state index contributed by atoms with van der Waals surface area (Å²) in [6, 6.07) is 0. The predicted octanol–water partition coefficient (Wildman–Crippen LogP) is 1.26. The molecule has 1 rings (SSSR count). The van der Waals surface area contributed by atoms with Gasteiger partial charge in [0.15, 0.2) is 5.01 Å². The molecule has 12 heavy (non-hydrogen) atoms. The molecule has 1 aromatic heterocycles. The third-order valence-electron chi connectivity index (χ3n) is 0.991. The number of aromatic nitrogens is 1. The number of nitrogens with two attached hydrogens (primary N) is 1. The molecule has 7 heteroatoms. The number of thiazole rings is 1. The lowest BCUT2D eigenvalue weighted by Gasteiger charge is -1.98. The molecule has 0 saturated heterocycles. The first-order valence-electron chi connectivity index (χ1n) is 2.74. The van der Waals surface area contributed by atoms with Crippen LogP contribution in [-0.4, -0.2) is 10.9 Å². The van der Waals surface area contributed by atoms with Crippen molar-refractivity contribution in [2.45, 2.75) is 6.18 Å². The number of nitrogens with zero attached hydrogens (tertiary/aromatic N) is 1. The van der Waals surface area contributed by atoms with E-state index >= 15 is 0 Å². The van der Waals surface area contributed by atoms with Crippen molar-refractivity contribution in [3.8, 4) is 0 Å². The molecule has 1 aromatic rings. The Hall–Kier alpha value is -1.11. The molecular formula is C5H3F3N2OS. The average molecular weight is 196 g/mol. The molecule has 0 atom stereocenters. The fourth-order valence-corrected chi connectivity index (χ4v) is 1.15. The van der Waals surface area contributed by atoms with Crippen molar-refractivity contribution in [2.24, 2.45) is 5.73 Å². The van der Waals surface area contributed by atoms with Crippen molar-refractivity contribution >= 4 is 17.2 Å². The molecule has 66 valence electrons. The van der Waals surface area contributed by atoms with E-state index in [9.17, 15) is 18.0 Å². The molecule has 0 aliphatic rings. The van der Waals surface area contributed by atoms with Crippen LogP contribution in [0.15, 0.2) is 6.20 Å². The van der Waals surface area contributed by atoms with E-state index in [4.69, 9.17) is 5.73 Å². The van der Waals surface area contributed by atoms with E-state index in [1.54, 1.807) is 0 Å². The number of hydrogen-bond donors (Lipinski definition) is 1. The summed E-state index contributed by atoms with van der Waals surface area (Å²) in [7, 11) is 0. The van der Waals surface area contributed by atoms with Crippen LogP contribution >= 0.6 is 11.3 Å². The third kappa shape index (κ3) is 1.73. The zero-order valence-electron chi connectivity index (χ0n) is 5.55. The van der Waals surface area contributed by atoms with Gasteiger partial charge in [0.1, 0.15) is 4.88 Å². The molecular weight excluding hydrogens is 193 g/mol. The SMILES string of the molecule is NC(=O)c1cnc(C(F)(F)F)s1. The molecule has 1 heterocycles. The van der Waals surface area contributed by atoms with E-state index in [0.717, 1.165) is 6.20 Å². The Labute approximate surface area is 69.0 Å². The van der Waals surface area contributed by atoms with Gasteiger partial charge in [-0.3, -0.25) is 4.79 Å². The number of amides is 1. The topological polar surface area (TPSA) is 56.0 Å². The summed E-state index contributed by atoms with van der Waals surface area (Å²) in [4.78, 5) is 13.2. The molecule has 3 nitrogen and oxygen atoms in total. The Morgan fingerprint density at radius 2 is 2.17 bits per heavy atom. The van der Waals surface area contributed by atoms with Gasteiger partial charge in [-0.15, -0.1) is 11.3 Å². The lowest BCUT2D eigenvalue weighted by Crippen LogP contribution is -2.08. The molecule has 0 unspecified atom stereocenters. The largest absolute Gasteiger partial charge is 0.443 e. The van der Waals surface area contributed by atoms with E-state index in [1.165, 1.54) is 0 Å². The van der Waals surface area contributed by atoms with Crippen LogP contribution in [0, 0.1) is 0 Å². The molecule has 1 amide bonds. The lowest BCUT2D eigenvalue weighted by atomic mass is 10.5. The van der Waals surface area contributed by atoms with Crippen molar-refractivity contribution < 1.29 is 18.0 Å². The summed E-state index contributed by atoms with van der Waals surface area (Å²) in [5.41, 5.74) is 4.73. The monoisotopic (exact) mass is 196 g/mol. The van der Waals surface area contributed by atoms with Gasteiger partial charge in [0.05, 0.1) is 6.20 Å². The summed E-state index contributed by atoms with van der Waals surface area (Å²) < 4.78 is 35.6. The van der Waals surface area contributed by atoms with E-state index in [1.807, 2.05) is 0 Å². The maximum absolute atomic E-state index is 11.9. The lowest BCUT2D eigenvalue weighted by molar-refractivity contribution is -0.137. The first kappa shape index (κ1) is 8.98. The minimum absolute atomic E-state index is 0.192. The number of rotatable bonds is 1. The van der Waals surface area contributed by atoms with Gasteiger partial charge < -0.3 is 5.73 Å². The predicted molar refractivity (Wildman–Crippen MR) is 35.6 cm³/mol. The highest BCUT2D eigenvalue weighted by molar-refractivity contribution is 7.13. The van der Waals surface area contributed by atoms with E-state index in [0.29, 0.717) is 0 Å². The molecule has 0 spiro atoms. The van der Waals surface area contributed by atoms with E-state index in [2.05, 4.69) is 4.98 Å². The van der Waals surface area contributed by atoms with Crippen molar-refractivity contribution in [1.82, 2.24) is 4.98 Å². The zero-order chi connectivity index (χ0) is 9.35. The van der Waals surface area contributed by atoms with E-state index in [-0.39, 0.29) is 16.2 Å². The van der Waals surface area contributed by atoms with Crippen LogP contribution in [0.5, 0.6) is 0 Å². The fourth-order valence-electron chi connectivity index (χ4n) is 0.519. The summed E-state index contributed by atoms with van der Waals surface area (Å²) in [6.45, 7) is 0. The second-order valence-electron chi connectivity index (χ2n) is 1.89. The Bertz CT molecular complexity index is 306. The number of primary amides is 1. The number of halogens is 3. The molecule has 2 N–H and O–H groups in total. The van der Waals surface area contributed by atoms with Crippen LogP contribution < -0.4 is 5.73 Å². The number of carbonyl (C=O) groups is 1. The van der Waals surface area contributed by atoms with E-state index < -0.39 is 17.1 Å². The summed E-state index contributed by atoms with van der Waals surface area (Å²) in [5, 5.41) is -1.06. The van der Waals surface area contributed by atoms with Gasteiger partial charge in [0.25, 0.3) is 5.91 Å². The summed E-state index contributed by atoms with van der Waals surface area (Å²) >= 11 is 0.237. The van der Waals surface area contributed by atoms with Crippen molar-refractivity contribution in [2.75, 3.05) is 0 Å². The van der Waals surface area contributed by atoms with Gasteiger partial charge in [-0.2, -0.15) is 13.2 Å². The molecule has 0 aromatic carbocycles. The molecule has 0 aliphatic carbocycles. The van der Waals surface area contributed by atoms with Gasteiger partial charge >= 0.3 is 6.18 Å². The second-order valence-corrected chi connectivity index (χ2v) is 2.92. The first-order chi connectivity index (χ1) is 5.41. The smallest absolute Gasteiger partial charge is 0.365 e. The van der Waals surface area contributed by atoms with Crippen LogP contribution in [-0.2, 0) is 6.18 Å². The minimum atomic E-state index is -4.50. The molecule has 0 bridgehead atoms. The quantitative estimate of drug-likeness (QED) is 0.735. The standard InChI is InChI=1S/C5H3F3N2OS/c6-5(7,8)4-10-1-2(12-4)3(9)11/h1H,(H2,9,11). The summed E-state index contributed by atoms with van der Waals surface area (Å²) in [5.74, 6) is -0.900. The van der Waals surface area contributed by atoms with Gasteiger partial charge in [-0.1, -0.05) is 0 Å². The van der Waals surface area contributed by atoms with Crippen molar-refractivity contribution in [3.05, 3.63) is 16.1 Å². The maximum atomic E-state index is 11.9. The highest BCUT2D eigenvalue weighted by Crippen LogP contribution is 2.32. The van der Waals surface area contributed by atoms with Crippen LogP contribution in [0.2, 0.25) is 0 Å². The Kier molecular flexibility index (Phi) is 2.05. The zero-order valence-corrected chi connectivity index (χ0v) is 6.37. The van der Waals surface area contributed by atoms with Crippen LogP contribution in [0.4, 0.5) is 13.2 Å². The Morgan fingerprint density at radius 1 is 1.58 bits per heavy atom. The number of alkyl halides is 3. The maximum Gasteiger partial charge on any atom is 0.443 e. The highest BCUT2D eigenvalue weighted by Gasteiger charge is 2.34. The van der Waals surface area contributed by atoms with Gasteiger partial charge in [0.2, 0.25) is 0 Å². The highest BCUT2D eigenvalue weighted by atomic mass is 32.1. The second kappa shape index (κ2) is 2.74. The Balaban J connectivity index is 3.00. The fraction of sp³-hybridized carbons (Fsp3) is 0.200. The van der Waals surface area contributed by atoms with Crippen LogP contribution in [0.25, 0.3) is 0 Å². The summed E-state index contributed by atoms with van der Waals surface area (Å²) in [6.07, 6.45) is -3.69. The van der Waals surface area contributed by atoms with Gasteiger partial charge in [0, 0.05) is 0 Å². The number of hydrogen-bond acceptors (Lipinski definition) is 3. The number of carbonyl (C=O) groups excluding carboxylic acids is 1. The van der Waals surface area contributed by atoms with Gasteiger partial charge in [-0.25, -0.2) is 4.98 Å².